The van der Waals surface area contributed by atoms with Gasteiger partial charge in [0.05, 0.1) is 12.1 Å². The molecule has 2 heterocycles. The molecule has 0 radical (unpaired) electrons. The van der Waals surface area contributed by atoms with Gasteiger partial charge in [0.1, 0.15) is 18.3 Å². The number of esters is 2. The third-order valence-electron chi connectivity index (χ3n) is 4.95. The van der Waals surface area contributed by atoms with E-state index in [9.17, 15) is 24.9 Å². The van der Waals surface area contributed by atoms with Crippen molar-refractivity contribution >= 4 is 11.9 Å². The van der Waals surface area contributed by atoms with Crippen LogP contribution in [0.25, 0.3) is 0 Å². The van der Waals surface area contributed by atoms with Crippen LogP contribution in [0, 0.1) is 0 Å². The highest BCUT2D eigenvalue weighted by Gasteiger charge is 2.54. The second-order valence-electron chi connectivity index (χ2n) is 7.23. The van der Waals surface area contributed by atoms with Gasteiger partial charge in [-0.3, -0.25) is 9.69 Å². The molecule has 0 aromatic rings. The zero-order valence-corrected chi connectivity index (χ0v) is 15.1. The van der Waals surface area contributed by atoms with Crippen LogP contribution < -0.4 is 0 Å². The number of rotatable bonds is 6. The third kappa shape index (κ3) is 3.72. The molecule has 2 rings (SSSR count). The number of hydrogen-bond donors (Lipinski definition) is 3. The van der Waals surface area contributed by atoms with E-state index >= 15 is 0 Å². The van der Waals surface area contributed by atoms with Crippen LogP contribution in [0.1, 0.15) is 34.1 Å². The van der Waals surface area contributed by atoms with Crippen LogP contribution in [0.3, 0.4) is 0 Å². The van der Waals surface area contributed by atoms with Gasteiger partial charge < -0.3 is 24.8 Å². The third-order valence-corrected chi connectivity index (χ3v) is 4.95. The van der Waals surface area contributed by atoms with Gasteiger partial charge in [-0.05, 0) is 32.8 Å². The lowest BCUT2D eigenvalue weighted by atomic mass is 9.81. The van der Waals surface area contributed by atoms with Gasteiger partial charge in [0.15, 0.2) is 0 Å². The van der Waals surface area contributed by atoms with E-state index in [2.05, 4.69) is 4.90 Å². The van der Waals surface area contributed by atoms with Gasteiger partial charge in [-0.1, -0.05) is 6.08 Å². The SMILES string of the molecule is CC(=O)O[C@@H]1CCN2CC=C(COC(=O)[C@](O)([C@H](C)O)C(C)(C)O)[C@H]12. The maximum Gasteiger partial charge on any atom is 0.344 e. The second kappa shape index (κ2) is 7.03. The minimum atomic E-state index is -2.45. The summed E-state index contributed by atoms with van der Waals surface area (Å²) in [6.45, 7) is 6.36. The largest absolute Gasteiger partial charge is 0.460 e. The number of fused-ring (bicyclic) bond motifs is 1. The zero-order chi connectivity index (χ0) is 19.0. The first-order valence-electron chi connectivity index (χ1n) is 8.38. The Kier molecular flexibility index (Phi) is 5.58. The molecule has 2 aliphatic rings. The van der Waals surface area contributed by atoms with Gasteiger partial charge in [-0.2, -0.15) is 0 Å². The molecule has 0 bridgehead atoms. The fourth-order valence-electron chi connectivity index (χ4n) is 3.53. The Hall–Kier alpha value is -1.48. The highest BCUT2D eigenvalue weighted by Crippen LogP contribution is 2.32. The van der Waals surface area contributed by atoms with Crippen LogP contribution in [-0.2, 0) is 19.1 Å². The first-order valence-corrected chi connectivity index (χ1v) is 8.38. The topological polar surface area (TPSA) is 117 Å². The summed E-state index contributed by atoms with van der Waals surface area (Å²) in [5, 5.41) is 30.3. The quantitative estimate of drug-likeness (QED) is 0.424. The van der Waals surface area contributed by atoms with Crippen LogP contribution in [-0.4, -0.2) is 81.3 Å². The lowest BCUT2D eigenvalue weighted by molar-refractivity contribution is -0.213. The summed E-state index contributed by atoms with van der Waals surface area (Å²) >= 11 is 0. The Balaban J connectivity index is 2.05. The van der Waals surface area contributed by atoms with Crippen LogP contribution >= 0.6 is 0 Å². The molecule has 8 nitrogen and oxygen atoms in total. The summed E-state index contributed by atoms with van der Waals surface area (Å²) in [4.78, 5) is 25.7. The van der Waals surface area contributed by atoms with E-state index in [4.69, 9.17) is 9.47 Å². The zero-order valence-electron chi connectivity index (χ0n) is 15.1. The summed E-state index contributed by atoms with van der Waals surface area (Å²) < 4.78 is 10.5. The Morgan fingerprint density at radius 3 is 2.56 bits per heavy atom. The molecule has 25 heavy (non-hydrogen) atoms. The molecular weight excluding hydrogens is 330 g/mol. The van der Waals surface area contributed by atoms with Crippen molar-refractivity contribution in [1.82, 2.24) is 4.90 Å². The van der Waals surface area contributed by atoms with E-state index < -0.39 is 23.3 Å². The van der Waals surface area contributed by atoms with Crippen molar-refractivity contribution in [2.75, 3.05) is 19.7 Å². The summed E-state index contributed by atoms with van der Waals surface area (Å²) in [6.07, 6.45) is 0.792. The molecule has 1 saturated heterocycles. The fourth-order valence-corrected chi connectivity index (χ4v) is 3.53. The summed E-state index contributed by atoms with van der Waals surface area (Å²) in [5.74, 6) is -1.46. The minimum Gasteiger partial charge on any atom is -0.460 e. The minimum absolute atomic E-state index is 0.108. The number of carbonyl (C=O) groups is 2. The van der Waals surface area contributed by atoms with Crippen molar-refractivity contribution in [3.63, 3.8) is 0 Å². The van der Waals surface area contributed by atoms with Gasteiger partial charge in [0, 0.05) is 20.0 Å². The number of aliphatic hydroxyl groups is 3. The first kappa shape index (κ1) is 19.8. The Labute approximate surface area is 147 Å². The predicted octanol–water partition coefficient (Wildman–Crippen LogP) is -0.642. The van der Waals surface area contributed by atoms with Gasteiger partial charge in [-0.15, -0.1) is 0 Å². The molecule has 0 aromatic heterocycles. The Bertz CT molecular complexity index is 566. The van der Waals surface area contributed by atoms with Crippen molar-refractivity contribution < 1.29 is 34.4 Å². The normalized spacial score (nSPS) is 27.2. The number of ether oxygens (including phenoxy) is 2. The molecule has 3 N–H and O–H groups in total. The van der Waals surface area contributed by atoms with Gasteiger partial charge in [-0.25, -0.2) is 4.79 Å². The van der Waals surface area contributed by atoms with Crippen LogP contribution in [0.5, 0.6) is 0 Å². The number of aliphatic hydroxyl groups excluding tert-OH is 1. The lowest BCUT2D eigenvalue weighted by Crippen LogP contribution is -2.63. The first-order chi connectivity index (χ1) is 11.5. The average Bonchev–Trinajstić information content (AvgIpc) is 3.05. The van der Waals surface area contributed by atoms with E-state index in [1.165, 1.54) is 27.7 Å². The van der Waals surface area contributed by atoms with Crippen molar-refractivity contribution in [3.8, 4) is 0 Å². The van der Waals surface area contributed by atoms with Crippen molar-refractivity contribution in [3.05, 3.63) is 11.6 Å². The number of nitrogens with zero attached hydrogens (tertiary/aromatic N) is 1. The number of hydrogen-bond acceptors (Lipinski definition) is 8. The Morgan fingerprint density at radius 1 is 1.40 bits per heavy atom. The van der Waals surface area contributed by atoms with E-state index in [0.29, 0.717) is 13.0 Å². The van der Waals surface area contributed by atoms with E-state index in [-0.39, 0.29) is 24.7 Å². The van der Waals surface area contributed by atoms with Crippen molar-refractivity contribution in [2.24, 2.45) is 0 Å². The average molecular weight is 357 g/mol. The van der Waals surface area contributed by atoms with Gasteiger partial charge in [0.25, 0.3) is 0 Å². The number of carbonyl (C=O) groups excluding carboxylic acids is 2. The van der Waals surface area contributed by atoms with Crippen LogP contribution in [0.4, 0.5) is 0 Å². The highest BCUT2D eigenvalue weighted by atomic mass is 16.6. The molecule has 4 atom stereocenters. The van der Waals surface area contributed by atoms with E-state index in [0.717, 1.165) is 12.1 Å². The molecule has 0 spiro atoms. The molecule has 0 unspecified atom stereocenters. The van der Waals surface area contributed by atoms with Crippen molar-refractivity contribution in [2.45, 2.75) is 63.6 Å². The molecule has 0 amide bonds. The molecule has 142 valence electrons. The highest BCUT2D eigenvalue weighted by molar-refractivity contribution is 5.82. The standard InChI is InChI=1S/C17H27NO7/c1-10(19)17(23,16(3,4)22)15(21)24-9-12-5-7-18-8-6-13(14(12)18)25-11(2)20/h5,10,13-14,19,22-23H,6-9H2,1-4H3/t10-,13+,14+,17+/m0/s1. The molecule has 0 saturated carbocycles. The smallest absolute Gasteiger partial charge is 0.344 e. The maximum absolute atomic E-state index is 12.3. The summed E-state index contributed by atoms with van der Waals surface area (Å²) in [6, 6.07) is -0.154. The van der Waals surface area contributed by atoms with Gasteiger partial charge >= 0.3 is 11.9 Å². The second-order valence-corrected chi connectivity index (χ2v) is 7.23. The van der Waals surface area contributed by atoms with Crippen LogP contribution in [0.2, 0.25) is 0 Å². The predicted molar refractivity (Wildman–Crippen MR) is 87.5 cm³/mol. The Morgan fingerprint density at radius 2 is 2.04 bits per heavy atom. The molecule has 8 heteroatoms. The van der Waals surface area contributed by atoms with E-state index in [1.54, 1.807) is 0 Å². The summed E-state index contributed by atoms with van der Waals surface area (Å²) in [7, 11) is 0. The monoisotopic (exact) mass is 357 g/mol. The van der Waals surface area contributed by atoms with E-state index in [1.807, 2.05) is 6.08 Å². The molecule has 2 aliphatic heterocycles. The molecule has 0 aliphatic carbocycles. The molecular formula is C17H27NO7. The molecule has 0 aromatic carbocycles. The lowest BCUT2D eigenvalue weighted by Gasteiger charge is -2.38. The summed E-state index contributed by atoms with van der Waals surface area (Å²) in [5.41, 5.74) is -3.56. The van der Waals surface area contributed by atoms with Gasteiger partial charge in [0.2, 0.25) is 5.60 Å². The fraction of sp³-hybridized carbons (Fsp3) is 0.765. The van der Waals surface area contributed by atoms with Crippen molar-refractivity contribution in [1.29, 1.82) is 0 Å². The van der Waals surface area contributed by atoms with Crippen LogP contribution in [0.15, 0.2) is 11.6 Å². The molecule has 1 fully saturated rings. The maximum atomic E-state index is 12.3.